The maximum absolute atomic E-state index is 9.97. The molecule has 0 heterocycles. The van der Waals surface area contributed by atoms with Gasteiger partial charge in [0.25, 0.3) is 0 Å². The zero-order valence-electron chi connectivity index (χ0n) is 13.2. The molecule has 4 rings (SSSR count). The SMILES string of the molecule is C[C@@]12CCC[C@H]1[C@@H]1CCC3=C[C@H](O)CC[C@]3(C)[C@H]1CC2. The van der Waals surface area contributed by atoms with Crippen molar-refractivity contribution in [3.8, 4) is 0 Å². The Balaban J connectivity index is 1.68. The lowest BCUT2D eigenvalue weighted by Gasteiger charge is -2.57. The molecule has 0 unspecified atom stereocenters. The molecule has 0 spiro atoms. The summed E-state index contributed by atoms with van der Waals surface area (Å²) in [7, 11) is 0. The summed E-state index contributed by atoms with van der Waals surface area (Å²) in [6.45, 7) is 5.11. The summed E-state index contributed by atoms with van der Waals surface area (Å²) in [6.07, 6.45) is 14.3. The van der Waals surface area contributed by atoms with Crippen LogP contribution in [0.25, 0.3) is 0 Å². The quantitative estimate of drug-likeness (QED) is 0.635. The average Bonchev–Trinajstić information content (AvgIpc) is 2.81. The Kier molecular flexibility index (Phi) is 2.91. The van der Waals surface area contributed by atoms with Crippen LogP contribution in [0.1, 0.15) is 71.6 Å². The van der Waals surface area contributed by atoms with E-state index in [0.717, 1.165) is 24.2 Å². The van der Waals surface area contributed by atoms with Gasteiger partial charge in [0.1, 0.15) is 0 Å². The number of allylic oxidation sites excluding steroid dienone is 1. The fourth-order valence-electron chi connectivity index (χ4n) is 6.70. The second kappa shape index (κ2) is 4.35. The van der Waals surface area contributed by atoms with Crippen LogP contribution in [0.5, 0.6) is 0 Å². The van der Waals surface area contributed by atoms with Crippen molar-refractivity contribution < 1.29 is 5.11 Å². The smallest absolute Gasteiger partial charge is 0.0724 e. The first-order valence-corrected chi connectivity index (χ1v) is 8.92. The summed E-state index contributed by atoms with van der Waals surface area (Å²) in [5.41, 5.74) is 2.71. The molecule has 0 aliphatic heterocycles. The third-order valence-electron chi connectivity index (χ3n) is 7.87. The Morgan fingerprint density at radius 2 is 1.85 bits per heavy atom. The minimum absolute atomic E-state index is 0.157. The van der Waals surface area contributed by atoms with Crippen LogP contribution in [0.4, 0.5) is 0 Å². The van der Waals surface area contributed by atoms with E-state index in [1.54, 1.807) is 5.57 Å². The molecular weight excluding hydrogens is 244 g/mol. The number of hydrogen-bond donors (Lipinski definition) is 1. The molecule has 3 saturated carbocycles. The lowest BCUT2D eigenvalue weighted by Crippen LogP contribution is -2.49. The van der Waals surface area contributed by atoms with Crippen molar-refractivity contribution in [3.05, 3.63) is 11.6 Å². The molecule has 1 heteroatoms. The summed E-state index contributed by atoms with van der Waals surface area (Å²) in [5.74, 6) is 2.89. The van der Waals surface area contributed by atoms with Gasteiger partial charge in [-0.3, -0.25) is 0 Å². The highest BCUT2D eigenvalue weighted by molar-refractivity contribution is 5.25. The topological polar surface area (TPSA) is 20.2 Å². The first-order chi connectivity index (χ1) is 9.53. The maximum atomic E-state index is 9.97. The fraction of sp³-hybridized carbons (Fsp3) is 0.895. The summed E-state index contributed by atoms with van der Waals surface area (Å²) in [5, 5.41) is 9.97. The molecule has 4 aliphatic rings. The lowest BCUT2D eigenvalue weighted by molar-refractivity contribution is -0.0411. The zero-order chi connectivity index (χ0) is 14.0. The van der Waals surface area contributed by atoms with Gasteiger partial charge in [-0.25, -0.2) is 0 Å². The standard InChI is InChI=1S/C19H30O/c1-18-9-3-4-16(18)15-6-5-13-12-14(20)7-11-19(13,2)17(15)8-10-18/h12,14-17,20H,3-11H2,1-2H3/t14-,15+,16+,17+,18+,19+/m1/s1. The van der Waals surface area contributed by atoms with Crippen LogP contribution in [-0.4, -0.2) is 11.2 Å². The molecule has 0 amide bonds. The normalized spacial score (nSPS) is 54.6. The van der Waals surface area contributed by atoms with Crippen molar-refractivity contribution in [2.75, 3.05) is 0 Å². The highest BCUT2D eigenvalue weighted by Crippen LogP contribution is 2.65. The van der Waals surface area contributed by atoms with Crippen LogP contribution < -0.4 is 0 Å². The maximum Gasteiger partial charge on any atom is 0.0724 e. The van der Waals surface area contributed by atoms with Crippen LogP contribution in [-0.2, 0) is 0 Å². The summed E-state index contributed by atoms with van der Waals surface area (Å²) < 4.78 is 0. The lowest BCUT2D eigenvalue weighted by atomic mass is 9.47. The van der Waals surface area contributed by atoms with Crippen LogP contribution in [0, 0.1) is 28.6 Å². The van der Waals surface area contributed by atoms with Gasteiger partial charge < -0.3 is 5.11 Å². The molecule has 20 heavy (non-hydrogen) atoms. The van der Waals surface area contributed by atoms with Gasteiger partial charge in [-0.05, 0) is 80.0 Å². The van der Waals surface area contributed by atoms with Crippen molar-refractivity contribution in [1.82, 2.24) is 0 Å². The molecule has 0 saturated heterocycles. The Labute approximate surface area is 123 Å². The molecule has 4 aliphatic carbocycles. The van der Waals surface area contributed by atoms with E-state index in [4.69, 9.17) is 0 Å². The van der Waals surface area contributed by atoms with Crippen molar-refractivity contribution in [2.45, 2.75) is 77.7 Å². The van der Waals surface area contributed by atoms with E-state index in [1.165, 1.54) is 51.4 Å². The van der Waals surface area contributed by atoms with Gasteiger partial charge in [-0.15, -0.1) is 0 Å². The van der Waals surface area contributed by atoms with E-state index in [9.17, 15) is 5.11 Å². The van der Waals surface area contributed by atoms with Crippen LogP contribution in [0.3, 0.4) is 0 Å². The number of fused-ring (bicyclic) bond motifs is 5. The van der Waals surface area contributed by atoms with Crippen LogP contribution in [0.15, 0.2) is 11.6 Å². The van der Waals surface area contributed by atoms with E-state index in [2.05, 4.69) is 19.9 Å². The van der Waals surface area contributed by atoms with E-state index in [-0.39, 0.29) is 6.10 Å². The molecule has 6 atom stereocenters. The van der Waals surface area contributed by atoms with Crippen molar-refractivity contribution >= 4 is 0 Å². The third kappa shape index (κ3) is 1.71. The summed E-state index contributed by atoms with van der Waals surface area (Å²) in [4.78, 5) is 0. The minimum Gasteiger partial charge on any atom is -0.389 e. The molecule has 3 fully saturated rings. The molecule has 0 aromatic heterocycles. The Morgan fingerprint density at radius 3 is 2.70 bits per heavy atom. The predicted octanol–water partition coefficient (Wildman–Crippen LogP) is 4.70. The number of aliphatic hydroxyl groups is 1. The Bertz CT molecular complexity index is 439. The molecule has 0 bridgehead atoms. The van der Waals surface area contributed by atoms with Crippen LogP contribution >= 0.6 is 0 Å². The van der Waals surface area contributed by atoms with Gasteiger partial charge in [0, 0.05) is 0 Å². The highest BCUT2D eigenvalue weighted by Gasteiger charge is 2.55. The average molecular weight is 274 g/mol. The third-order valence-corrected chi connectivity index (χ3v) is 7.87. The highest BCUT2D eigenvalue weighted by atomic mass is 16.3. The number of aliphatic hydroxyl groups excluding tert-OH is 1. The van der Waals surface area contributed by atoms with E-state index in [0.29, 0.717) is 10.8 Å². The molecular formula is C19H30O. The van der Waals surface area contributed by atoms with Crippen molar-refractivity contribution in [1.29, 1.82) is 0 Å². The summed E-state index contributed by atoms with van der Waals surface area (Å²) in [6, 6.07) is 0. The number of rotatable bonds is 0. The second-order valence-electron chi connectivity index (χ2n) is 8.72. The number of hydrogen-bond acceptors (Lipinski definition) is 1. The molecule has 1 N–H and O–H groups in total. The molecule has 1 nitrogen and oxygen atoms in total. The minimum atomic E-state index is -0.157. The van der Waals surface area contributed by atoms with Gasteiger partial charge >= 0.3 is 0 Å². The fourth-order valence-corrected chi connectivity index (χ4v) is 6.70. The van der Waals surface area contributed by atoms with Crippen molar-refractivity contribution in [2.24, 2.45) is 28.6 Å². The monoisotopic (exact) mass is 274 g/mol. The van der Waals surface area contributed by atoms with Gasteiger partial charge in [0.05, 0.1) is 6.10 Å². The van der Waals surface area contributed by atoms with Gasteiger partial charge in [0.2, 0.25) is 0 Å². The molecule has 0 radical (unpaired) electrons. The zero-order valence-corrected chi connectivity index (χ0v) is 13.2. The Morgan fingerprint density at radius 1 is 1.00 bits per heavy atom. The van der Waals surface area contributed by atoms with Gasteiger partial charge in [0.15, 0.2) is 0 Å². The Hall–Kier alpha value is -0.300. The molecule has 112 valence electrons. The molecule has 0 aromatic carbocycles. The van der Waals surface area contributed by atoms with E-state index >= 15 is 0 Å². The largest absolute Gasteiger partial charge is 0.389 e. The van der Waals surface area contributed by atoms with Crippen LogP contribution in [0.2, 0.25) is 0 Å². The molecule has 0 aromatic rings. The van der Waals surface area contributed by atoms with Gasteiger partial charge in [-0.2, -0.15) is 0 Å². The van der Waals surface area contributed by atoms with Crippen molar-refractivity contribution in [3.63, 3.8) is 0 Å². The first kappa shape index (κ1) is 13.4. The first-order valence-electron chi connectivity index (χ1n) is 8.92. The predicted molar refractivity (Wildman–Crippen MR) is 82.3 cm³/mol. The summed E-state index contributed by atoms with van der Waals surface area (Å²) >= 11 is 0. The van der Waals surface area contributed by atoms with E-state index < -0.39 is 0 Å². The second-order valence-corrected chi connectivity index (χ2v) is 8.72. The van der Waals surface area contributed by atoms with E-state index in [1.807, 2.05) is 0 Å². The van der Waals surface area contributed by atoms with Gasteiger partial charge in [-0.1, -0.05) is 31.9 Å².